The van der Waals surface area contributed by atoms with Gasteiger partial charge in [0.2, 0.25) is 11.8 Å². The smallest absolute Gasteiger partial charge is 0.239 e. The van der Waals surface area contributed by atoms with Gasteiger partial charge < -0.3 is 10.6 Å². The van der Waals surface area contributed by atoms with Gasteiger partial charge in [-0.15, -0.1) is 0 Å². The molecular formula is C24H30N6O2. The highest BCUT2D eigenvalue weighted by Crippen LogP contribution is 2.26. The molecule has 3 rings (SSSR count). The van der Waals surface area contributed by atoms with Gasteiger partial charge in [-0.05, 0) is 38.2 Å². The van der Waals surface area contributed by atoms with Crippen molar-refractivity contribution >= 4 is 23.5 Å². The molecule has 0 bridgehead atoms. The van der Waals surface area contributed by atoms with E-state index in [1.807, 2.05) is 55.5 Å². The zero-order chi connectivity index (χ0) is 23.3. The molecule has 2 amide bonds. The van der Waals surface area contributed by atoms with E-state index in [-0.39, 0.29) is 30.3 Å². The van der Waals surface area contributed by atoms with E-state index >= 15 is 0 Å². The number of carbonyl (C=O) groups is 2. The van der Waals surface area contributed by atoms with Crippen molar-refractivity contribution in [3.05, 3.63) is 66.0 Å². The summed E-state index contributed by atoms with van der Waals surface area (Å²) in [5.41, 5.74) is 2.38. The van der Waals surface area contributed by atoms with Gasteiger partial charge in [0.15, 0.2) is 0 Å². The largest absolute Gasteiger partial charge is 0.310 e. The van der Waals surface area contributed by atoms with E-state index < -0.39 is 0 Å². The van der Waals surface area contributed by atoms with E-state index in [2.05, 4.69) is 36.4 Å². The fourth-order valence-electron chi connectivity index (χ4n) is 3.13. The topological polar surface area (TPSA) is 92.2 Å². The molecule has 0 fully saturated rings. The van der Waals surface area contributed by atoms with Crippen molar-refractivity contribution in [1.82, 2.24) is 19.7 Å². The number of amides is 2. The van der Waals surface area contributed by atoms with Crippen LogP contribution in [0.5, 0.6) is 0 Å². The first-order chi connectivity index (χ1) is 15.1. The molecule has 8 heteroatoms. The molecule has 0 saturated carbocycles. The lowest BCUT2D eigenvalue weighted by Gasteiger charge is -2.16. The lowest BCUT2D eigenvalue weighted by molar-refractivity contribution is -0.119. The second-order valence-electron chi connectivity index (χ2n) is 8.85. The summed E-state index contributed by atoms with van der Waals surface area (Å²) in [5.74, 6) is 0.622. The van der Waals surface area contributed by atoms with Gasteiger partial charge in [-0.2, -0.15) is 5.10 Å². The first-order valence-electron chi connectivity index (χ1n) is 10.5. The van der Waals surface area contributed by atoms with E-state index in [1.54, 1.807) is 22.7 Å². The van der Waals surface area contributed by atoms with Crippen molar-refractivity contribution in [2.24, 2.45) is 0 Å². The highest BCUT2D eigenvalue weighted by atomic mass is 16.2. The van der Waals surface area contributed by atoms with Crippen molar-refractivity contribution in [2.75, 3.05) is 30.8 Å². The van der Waals surface area contributed by atoms with Crippen LogP contribution in [0.1, 0.15) is 32.2 Å². The molecule has 0 radical (unpaired) electrons. The summed E-state index contributed by atoms with van der Waals surface area (Å²) in [6.45, 7) is 8.20. The van der Waals surface area contributed by atoms with Gasteiger partial charge in [-0.3, -0.25) is 14.5 Å². The minimum absolute atomic E-state index is 0.0550. The number of likely N-dealkylation sites (N-methyl/N-ethyl adjacent to an activating group) is 1. The number of hydrogen-bond donors (Lipinski definition) is 2. The van der Waals surface area contributed by atoms with E-state index in [0.29, 0.717) is 11.6 Å². The molecule has 0 spiro atoms. The lowest BCUT2D eigenvalue weighted by atomic mass is 9.92. The molecule has 0 unspecified atom stereocenters. The Balaban J connectivity index is 1.65. The van der Waals surface area contributed by atoms with Gasteiger partial charge in [0.25, 0.3) is 0 Å². The third-order valence-electron chi connectivity index (χ3n) is 4.73. The van der Waals surface area contributed by atoms with Crippen molar-refractivity contribution in [3.63, 3.8) is 0 Å². The van der Waals surface area contributed by atoms with Crippen LogP contribution in [0.3, 0.4) is 0 Å². The van der Waals surface area contributed by atoms with Gasteiger partial charge in [0.05, 0.1) is 24.5 Å². The van der Waals surface area contributed by atoms with Crippen molar-refractivity contribution < 1.29 is 9.59 Å². The monoisotopic (exact) mass is 434 g/mol. The van der Waals surface area contributed by atoms with Crippen LogP contribution in [0.15, 0.2) is 54.6 Å². The highest BCUT2D eigenvalue weighted by Gasteiger charge is 2.22. The molecule has 168 valence electrons. The van der Waals surface area contributed by atoms with Crippen LogP contribution < -0.4 is 10.6 Å². The van der Waals surface area contributed by atoms with Crippen molar-refractivity contribution in [1.29, 1.82) is 0 Å². The third kappa shape index (κ3) is 6.24. The quantitative estimate of drug-likeness (QED) is 0.595. The highest BCUT2D eigenvalue weighted by molar-refractivity contribution is 5.94. The van der Waals surface area contributed by atoms with Crippen LogP contribution in [0, 0.1) is 6.92 Å². The van der Waals surface area contributed by atoms with Crippen LogP contribution >= 0.6 is 0 Å². The maximum absolute atomic E-state index is 12.7. The molecule has 0 saturated heterocycles. The SMILES string of the molecule is Cc1cccc(NC(=O)CN(C)CC(=O)Nc2cc(C(C)(C)C)nn2-c2ccccc2)n1. The average Bonchev–Trinajstić information content (AvgIpc) is 3.12. The number of nitrogens with one attached hydrogen (secondary N) is 2. The molecule has 2 heterocycles. The summed E-state index contributed by atoms with van der Waals surface area (Å²) < 4.78 is 1.73. The molecule has 0 aliphatic rings. The predicted molar refractivity (Wildman–Crippen MR) is 126 cm³/mol. The Bertz CT molecular complexity index is 1090. The number of benzene rings is 1. The van der Waals surface area contributed by atoms with Crippen LogP contribution in [0.4, 0.5) is 11.6 Å². The van der Waals surface area contributed by atoms with Crippen LogP contribution in [0.25, 0.3) is 5.69 Å². The predicted octanol–water partition coefficient (Wildman–Crippen LogP) is 3.38. The Morgan fingerprint density at radius 1 is 0.969 bits per heavy atom. The van der Waals surface area contributed by atoms with Crippen LogP contribution in [-0.2, 0) is 15.0 Å². The van der Waals surface area contributed by atoms with Gasteiger partial charge in [-0.25, -0.2) is 9.67 Å². The van der Waals surface area contributed by atoms with Crippen molar-refractivity contribution in [2.45, 2.75) is 33.1 Å². The van der Waals surface area contributed by atoms with Gasteiger partial charge in [0.1, 0.15) is 11.6 Å². The molecule has 3 aromatic rings. The molecule has 0 aliphatic heterocycles. The second-order valence-corrected chi connectivity index (χ2v) is 8.85. The van der Waals surface area contributed by atoms with Gasteiger partial charge in [-0.1, -0.05) is 45.0 Å². The van der Waals surface area contributed by atoms with E-state index in [1.165, 1.54) is 0 Å². The fourth-order valence-corrected chi connectivity index (χ4v) is 3.13. The molecule has 1 aromatic carbocycles. The Labute approximate surface area is 188 Å². The standard InChI is InChI=1S/C24H30N6O2/c1-17-10-9-13-20(25-17)26-22(31)15-29(5)16-23(32)27-21-14-19(24(2,3)4)28-30(21)18-11-7-6-8-12-18/h6-14H,15-16H2,1-5H3,(H,27,32)(H,25,26,31). The zero-order valence-electron chi connectivity index (χ0n) is 19.2. The lowest BCUT2D eigenvalue weighted by Crippen LogP contribution is -2.36. The molecular weight excluding hydrogens is 404 g/mol. The minimum Gasteiger partial charge on any atom is -0.310 e. The molecule has 2 N–H and O–H groups in total. The number of hydrogen-bond acceptors (Lipinski definition) is 5. The Morgan fingerprint density at radius 2 is 1.62 bits per heavy atom. The number of nitrogens with zero attached hydrogens (tertiary/aromatic N) is 4. The third-order valence-corrected chi connectivity index (χ3v) is 4.73. The summed E-state index contributed by atoms with van der Waals surface area (Å²) in [5, 5.41) is 10.4. The summed E-state index contributed by atoms with van der Waals surface area (Å²) >= 11 is 0. The normalized spacial score (nSPS) is 11.4. The molecule has 2 aromatic heterocycles. The van der Waals surface area contributed by atoms with Gasteiger partial charge >= 0.3 is 0 Å². The zero-order valence-corrected chi connectivity index (χ0v) is 19.2. The Hall–Kier alpha value is -3.52. The van der Waals surface area contributed by atoms with E-state index in [9.17, 15) is 9.59 Å². The molecule has 8 nitrogen and oxygen atoms in total. The number of para-hydroxylation sites is 1. The molecule has 32 heavy (non-hydrogen) atoms. The summed E-state index contributed by atoms with van der Waals surface area (Å²) in [6.07, 6.45) is 0. The summed E-state index contributed by atoms with van der Waals surface area (Å²) in [7, 11) is 1.72. The number of pyridine rings is 1. The maximum atomic E-state index is 12.7. The summed E-state index contributed by atoms with van der Waals surface area (Å²) in [4.78, 5) is 30.9. The molecule has 0 aliphatic carbocycles. The van der Waals surface area contributed by atoms with E-state index in [4.69, 9.17) is 5.10 Å². The van der Waals surface area contributed by atoms with Crippen molar-refractivity contribution in [3.8, 4) is 5.69 Å². The van der Waals surface area contributed by atoms with Crippen LogP contribution in [0.2, 0.25) is 0 Å². The average molecular weight is 435 g/mol. The Morgan fingerprint density at radius 3 is 2.25 bits per heavy atom. The van der Waals surface area contributed by atoms with E-state index in [0.717, 1.165) is 17.1 Å². The minimum atomic E-state index is -0.234. The number of aryl methyl sites for hydroxylation is 1. The number of aromatic nitrogens is 3. The number of rotatable bonds is 7. The van der Waals surface area contributed by atoms with Gasteiger partial charge in [0, 0.05) is 17.2 Å². The second kappa shape index (κ2) is 9.74. The number of carbonyl (C=O) groups excluding carboxylic acids is 2. The fraction of sp³-hybridized carbons (Fsp3) is 0.333. The Kier molecular flexibility index (Phi) is 7.05. The van der Waals surface area contributed by atoms with Crippen LogP contribution in [-0.4, -0.2) is 51.6 Å². The summed E-state index contributed by atoms with van der Waals surface area (Å²) in [6, 6.07) is 17.0. The first kappa shape index (κ1) is 23.1. The number of anilines is 2. The molecule has 0 atom stereocenters. The first-order valence-corrected chi connectivity index (χ1v) is 10.5. The maximum Gasteiger partial charge on any atom is 0.239 e.